The second kappa shape index (κ2) is 5.63. The fourth-order valence-corrected chi connectivity index (χ4v) is 2.08. The summed E-state index contributed by atoms with van der Waals surface area (Å²) < 4.78 is 1.21. The highest BCUT2D eigenvalue weighted by Crippen LogP contribution is 2.12. The van der Waals surface area contributed by atoms with Crippen molar-refractivity contribution in [3.63, 3.8) is 0 Å². The predicted octanol–water partition coefficient (Wildman–Crippen LogP) is 2.31. The Hall–Kier alpha value is -2.87. The van der Waals surface area contributed by atoms with Gasteiger partial charge in [0.1, 0.15) is 17.4 Å². The van der Waals surface area contributed by atoms with Crippen molar-refractivity contribution in [2.24, 2.45) is 5.10 Å². The van der Waals surface area contributed by atoms with Gasteiger partial charge in [0, 0.05) is 11.3 Å². The van der Waals surface area contributed by atoms with E-state index in [-0.39, 0.29) is 11.3 Å². The Balaban J connectivity index is 2.61. The normalized spacial score (nSPS) is 11.2. The third-order valence-corrected chi connectivity index (χ3v) is 3.19. The minimum atomic E-state index is -0.436. The van der Waals surface area contributed by atoms with E-state index in [0.717, 1.165) is 0 Å². The lowest BCUT2D eigenvalue weighted by Gasteiger charge is -2.08. The van der Waals surface area contributed by atoms with Gasteiger partial charge >= 0.3 is 0 Å². The van der Waals surface area contributed by atoms with Gasteiger partial charge in [0.2, 0.25) is 0 Å². The van der Waals surface area contributed by atoms with E-state index in [4.69, 9.17) is 5.26 Å². The van der Waals surface area contributed by atoms with Gasteiger partial charge in [0.15, 0.2) is 0 Å². The smallest absolute Gasteiger partial charge is 0.289 e. The molecular formula is C16H15N3O2. The molecular weight excluding hydrogens is 266 g/mol. The molecule has 0 unspecified atom stereocenters. The summed E-state index contributed by atoms with van der Waals surface area (Å²) in [4.78, 5) is 12.3. The van der Waals surface area contributed by atoms with Gasteiger partial charge in [0.25, 0.3) is 5.56 Å². The lowest BCUT2D eigenvalue weighted by molar-refractivity contribution is 0.475. The summed E-state index contributed by atoms with van der Waals surface area (Å²) in [6, 6.07) is 10.3. The van der Waals surface area contributed by atoms with Gasteiger partial charge < -0.3 is 5.11 Å². The molecule has 0 spiro atoms. The first-order valence-electron chi connectivity index (χ1n) is 6.42. The van der Waals surface area contributed by atoms with Gasteiger partial charge in [-0.1, -0.05) is 12.1 Å². The van der Waals surface area contributed by atoms with Crippen LogP contribution in [0.1, 0.15) is 29.3 Å². The molecule has 0 aliphatic carbocycles. The highest BCUT2D eigenvalue weighted by atomic mass is 16.3. The Morgan fingerprint density at radius 2 is 2.05 bits per heavy atom. The zero-order chi connectivity index (χ0) is 15.6. The number of pyridine rings is 1. The molecule has 21 heavy (non-hydrogen) atoms. The van der Waals surface area contributed by atoms with Gasteiger partial charge in [-0.2, -0.15) is 10.4 Å². The van der Waals surface area contributed by atoms with Crippen LogP contribution < -0.4 is 5.56 Å². The third-order valence-electron chi connectivity index (χ3n) is 3.19. The van der Waals surface area contributed by atoms with Crippen LogP contribution in [0, 0.1) is 25.2 Å². The number of phenolic OH excluding ortho intramolecular Hbond substituents is 1. The second-order valence-electron chi connectivity index (χ2n) is 4.81. The number of aromatic hydroxyl groups is 1. The van der Waals surface area contributed by atoms with Crippen molar-refractivity contribution < 1.29 is 5.11 Å². The van der Waals surface area contributed by atoms with Crippen LogP contribution >= 0.6 is 0 Å². The first-order chi connectivity index (χ1) is 9.93. The van der Waals surface area contributed by atoms with Crippen molar-refractivity contribution in [1.82, 2.24) is 4.68 Å². The largest absolute Gasteiger partial charge is 0.508 e. The first kappa shape index (κ1) is 14.5. The molecule has 0 atom stereocenters. The predicted molar refractivity (Wildman–Crippen MR) is 80.6 cm³/mol. The molecule has 0 radical (unpaired) electrons. The van der Waals surface area contributed by atoms with E-state index in [1.165, 1.54) is 4.68 Å². The minimum absolute atomic E-state index is 0.0908. The van der Waals surface area contributed by atoms with Crippen molar-refractivity contribution in [2.75, 3.05) is 0 Å². The van der Waals surface area contributed by atoms with Crippen molar-refractivity contribution in [3.8, 4) is 11.8 Å². The average molecular weight is 281 g/mol. The molecule has 1 heterocycles. The van der Waals surface area contributed by atoms with Crippen molar-refractivity contribution in [1.29, 1.82) is 5.26 Å². The summed E-state index contributed by atoms with van der Waals surface area (Å²) in [5, 5.41) is 22.8. The Morgan fingerprint density at radius 3 is 2.67 bits per heavy atom. The summed E-state index contributed by atoms with van der Waals surface area (Å²) in [7, 11) is 0. The summed E-state index contributed by atoms with van der Waals surface area (Å²) in [5.74, 6) is 0.132. The monoisotopic (exact) mass is 281 g/mol. The molecule has 106 valence electrons. The van der Waals surface area contributed by atoms with E-state index < -0.39 is 5.56 Å². The van der Waals surface area contributed by atoms with Crippen LogP contribution in [0.25, 0.3) is 0 Å². The summed E-state index contributed by atoms with van der Waals surface area (Å²) in [6.07, 6.45) is 0. The van der Waals surface area contributed by atoms with Crippen molar-refractivity contribution in [3.05, 3.63) is 63.1 Å². The molecule has 2 aromatic rings. The topological polar surface area (TPSA) is 78.4 Å². The number of hydrogen-bond donors (Lipinski definition) is 1. The van der Waals surface area contributed by atoms with Crippen LogP contribution in [0.4, 0.5) is 0 Å². The molecule has 0 bridgehead atoms. The number of aryl methyl sites for hydroxylation is 2. The lowest BCUT2D eigenvalue weighted by atomic mass is 10.1. The lowest BCUT2D eigenvalue weighted by Crippen LogP contribution is -2.23. The summed E-state index contributed by atoms with van der Waals surface area (Å²) in [6.45, 7) is 5.23. The molecule has 0 saturated heterocycles. The Morgan fingerprint density at radius 1 is 1.33 bits per heavy atom. The number of hydrogen-bond acceptors (Lipinski definition) is 4. The van der Waals surface area contributed by atoms with Gasteiger partial charge in [0.05, 0.1) is 5.71 Å². The highest BCUT2D eigenvalue weighted by Gasteiger charge is 2.10. The fourth-order valence-electron chi connectivity index (χ4n) is 2.08. The molecule has 0 saturated carbocycles. The second-order valence-corrected chi connectivity index (χ2v) is 4.81. The molecule has 2 rings (SSSR count). The zero-order valence-corrected chi connectivity index (χ0v) is 12.1. The molecule has 1 aromatic heterocycles. The molecule has 5 nitrogen and oxygen atoms in total. The van der Waals surface area contributed by atoms with Gasteiger partial charge in [-0.3, -0.25) is 4.79 Å². The summed E-state index contributed by atoms with van der Waals surface area (Å²) >= 11 is 0. The zero-order valence-electron chi connectivity index (χ0n) is 12.1. The van der Waals surface area contributed by atoms with Gasteiger partial charge in [-0.25, -0.2) is 4.68 Å². The van der Waals surface area contributed by atoms with E-state index in [1.54, 1.807) is 51.1 Å². The van der Waals surface area contributed by atoms with E-state index in [1.807, 2.05) is 6.07 Å². The molecule has 0 aliphatic heterocycles. The fraction of sp³-hybridized carbons (Fsp3) is 0.188. The Kier molecular flexibility index (Phi) is 3.90. The van der Waals surface area contributed by atoms with E-state index >= 15 is 0 Å². The molecule has 0 aliphatic rings. The van der Waals surface area contributed by atoms with E-state index in [9.17, 15) is 9.90 Å². The molecule has 0 amide bonds. The van der Waals surface area contributed by atoms with Crippen LogP contribution in [0.2, 0.25) is 0 Å². The minimum Gasteiger partial charge on any atom is -0.508 e. The number of nitriles is 1. The number of aromatic nitrogens is 1. The highest BCUT2D eigenvalue weighted by molar-refractivity contribution is 5.98. The molecule has 1 N–H and O–H groups in total. The maximum Gasteiger partial charge on any atom is 0.289 e. The Labute approximate surface area is 122 Å². The van der Waals surface area contributed by atoms with Gasteiger partial charge in [-0.15, -0.1) is 0 Å². The van der Waals surface area contributed by atoms with Crippen LogP contribution in [-0.2, 0) is 0 Å². The first-order valence-corrected chi connectivity index (χ1v) is 6.42. The Bertz CT molecular complexity index is 826. The number of nitrogens with zero attached hydrogens (tertiary/aromatic N) is 3. The van der Waals surface area contributed by atoms with Crippen molar-refractivity contribution in [2.45, 2.75) is 20.8 Å². The number of rotatable bonds is 2. The van der Waals surface area contributed by atoms with Crippen LogP contribution in [0.3, 0.4) is 0 Å². The summed E-state index contributed by atoms with van der Waals surface area (Å²) in [5.41, 5.74) is 2.23. The van der Waals surface area contributed by atoms with Crippen molar-refractivity contribution >= 4 is 5.71 Å². The van der Waals surface area contributed by atoms with Crippen LogP contribution in [0.15, 0.2) is 40.2 Å². The SMILES string of the molecule is C/C(=N/n1c(C)cc(C)c(C#N)c1=O)c1cccc(O)c1. The van der Waals surface area contributed by atoms with Crippen LogP contribution in [0.5, 0.6) is 5.75 Å². The van der Waals surface area contributed by atoms with E-state index in [2.05, 4.69) is 5.10 Å². The van der Waals surface area contributed by atoms with E-state index in [0.29, 0.717) is 22.5 Å². The maximum absolute atomic E-state index is 12.3. The maximum atomic E-state index is 12.3. The number of benzene rings is 1. The molecule has 0 fully saturated rings. The standard InChI is InChI=1S/C16H15N3O2/c1-10-7-11(2)19(16(21)15(10)9-17)18-12(3)13-5-4-6-14(20)8-13/h4-8,20H,1-3H3/b18-12-. The number of phenols is 1. The third kappa shape index (κ3) is 2.84. The molecule has 5 heteroatoms. The quantitative estimate of drug-likeness (QED) is 0.858. The van der Waals surface area contributed by atoms with Crippen LogP contribution in [-0.4, -0.2) is 15.5 Å². The average Bonchev–Trinajstić information content (AvgIpc) is 2.43. The van der Waals surface area contributed by atoms with Gasteiger partial charge in [-0.05, 0) is 44.5 Å². The molecule has 1 aromatic carbocycles.